The van der Waals surface area contributed by atoms with Crippen molar-refractivity contribution < 1.29 is 24.3 Å². The second kappa shape index (κ2) is 14.8. The van der Waals surface area contributed by atoms with Crippen molar-refractivity contribution in [3.63, 3.8) is 0 Å². The zero-order valence-electron chi connectivity index (χ0n) is 19.7. The summed E-state index contributed by atoms with van der Waals surface area (Å²) in [6.45, 7) is 3.76. The molecule has 0 aliphatic rings. The molecule has 196 valence electrons. The molecule has 1 aromatic rings. The quantitative estimate of drug-likeness (QED) is 0.0518. The van der Waals surface area contributed by atoms with Crippen molar-refractivity contribution in [1.29, 1.82) is 0 Å². The number of imidazole rings is 1. The zero-order valence-corrected chi connectivity index (χ0v) is 20.6. The average Bonchev–Trinajstić information content (AvgIpc) is 3.30. The molecule has 0 spiro atoms. The van der Waals surface area contributed by atoms with Crippen LogP contribution in [0.5, 0.6) is 0 Å². The number of aromatic amines is 1. The number of nitrogens with zero attached hydrogens (tertiary/aromatic N) is 2. The highest BCUT2D eigenvalue weighted by Crippen LogP contribution is 2.07. The van der Waals surface area contributed by atoms with Crippen LogP contribution in [-0.2, 0) is 25.6 Å². The van der Waals surface area contributed by atoms with Crippen LogP contribution in [0.2, 0.25) is 0 Å². The van der Waals surface area contributed by atoms with Gasteiger partial charge < -0.3 is 43.2 Å². The molecule has 4 unspecified atom stereocenters. The number of nitrogens with two attached hydrogens (primary N) is 3. The summed E-state index contributed by atoms with van der Waals surface area (Å²) in [4.78, 5) is 60.3. The maximum atomic E-state index is 13.1. The smallest absolute Gasteiger partial charge is 0.327 e. The van der Waals surface area contributed by atoms with Gasteiger partial charge in [-0.1, -0.05) is 13.8 Å². The molecule has 15 heteroatoms. The molecule has 0 aliphatic heterocycles. The van der Waals surface area contributed by atoms with E-state index >= 15 is 0 Å². The van der Waals surface area contributed by atoms with Crippen molar-refractivity contribution >= 4 is 42.3 Å². The van der Waals surface area contributed by atoms with Crippen molar-refractivity contribution in [3.8, 4) is 0 Å². The number of carbonyl (C=O) groups is 4. The fraction of sp³-hybridized carbons (Fsp3) is 0.600. The van der Waals surface area contributed by atoms with E-state index in [1.165, 1.54) is 12.5 Å². The minimum absolute atomic E-state index is 0.0134. The van der Waals surface area contributed by atoms with E-state index in [0.29, 0.717) is 25.1 Å². The fourth-order valence-electron chi connectivity index (χ4n) is 2.99. The van der Waals surface area contributed by atoms with Crippen LogP contribution < -0.4 is 33.2 Å². The number of hydrogen-bond acceptors (Lipinski definition) is 8. The second-order valence-electron chi connectivity index (χ2n) is 8.21. The molecular weight excluding hydrogens is 478 g/mol. The first-order chi connectivity index (χ1) is 16.5. The molecule has 1 heterocycles. The van der Waals surface area contributed by atoms with Gasteiger partial charge in [-0.15, -0.1) is 0 Å². The molecule has 4 atom stereocenters. The number of thiol groups is 1. The van der Waals surface area contributed by atoms with Crippen LogP contribution in [0.3, 0.4) is 0 Å². The SMILES string of the molecule is CC(C)C(NC(=O)C(N)CCCN=C(N)N)C(=O)NC(Cc1cnc[nH]1)C(=O)NC(CS)C(=O)O. The first kappa shape index (κ1) is 29.7. The molecule has 35 heavy (non-hydrogen) atoms. The number of amides is 3. The van der Waals surface area contributed by atoms with Crippen LogP contribution in [0.4, 0.5) is 0 Å². The zero-order chi connectivity index (χ0) is 26.5. The van der Waals surface area contributed by atoms with Crippen LogP contribution in [0.25, 0.3) is 0 Å². The number of aliphatic imine (C=N–C) groups is 1. The average molecular weight is 514 g/mol. The van der Waals surface area contributed by atoms with Gasteiger partial charge in [0.15, 0.2) is 5.96 Å². The highest BCUT2D eigenvalue weighted by molar-refractivity contribution is 7.80. The van der Waals surface area contributed by atoms with Crippen molar-refractivity contribution in [3.05, 3.63) is 18.2 Å². The lowest BCUT2D eigenvalue weighted by Gasteiger charge is -2.26. The Hall–Kier alpha value is -3.33. The third-order valence-electron chi connectivity index (χ3n) is 4.96. The number of carboxylic acid groups (broad SMARTS) is 1. The summed E-state index contributed by atoms with van der Waals surface area (Å²) in [5.41, 5.74) is 17.0. The molecule has 11 N–H and O–H groups in total. The van der Waals surface area contributed by atoms with E-state index in [4.69, 9.17) is 17.2 Å². The molecule has 0 aliphatic carbocycles. The standard InChI is InChI=1S/C20H35N9O5S/c1-10(2)15(29-16(30)12(21)4-3-5-25-20(22)23)18(32)27-13(6-11-7-24-9-26-11)17(31)28-14(8-35)19(33)34/h7,9-10,12-15,35H,3-6,8,21H2,1-2H3,(H,24,26)(H,27,32)(H,28,31)(H,29,30)(H,33,34)(H4,22,23,25). The Labute approximate surface area is 208 Å². The molecule has 0 aromatic carbocycles. The van der Waals surface area contributed by atoms with E-state index in [9.17, 15) is 24.3 Å². The molecule has 0 fully saturated rings. The number of carbonyl (C=O) groups excluding carboxylic acids is 3. The van der Waals surface area contributed by atoms with Gasteiger partial charge in [0.25, 0.3) is 0 Å². The Morgan fingerprint density at radius 1 is 1.11 bits per heavy atom. The number of H-pyrrole nitrogens is 1. The molecule has 14 nitrogen and oxygen atoms in total. The number of rotatable bonds is 15. The van der Waals surface area contributed by atoms with Gasteiger partial charge >= 0.3 is 5.97 Å². The van der Waals surface area contributed by atoms with Gasteiger partial charge in [-0.2, -0.15) is 12.6 Å². The predicted molar refractivity (Wildman–Crippen MR) is 132 cm³/mol. The highest BCUT2D eigenvalue weighted by Gasteiger charge is 2.31. The normalized spacial score (nSPS) is 14.3. The van der Waals surface area contributed by atoms with Crippen LogP contribution in [0.15, 0.2) is 17.5 Å². The number of carboxylic acids is 1. The lowest BCUT2D eigenvalue weighted by atomic mass is 10.0. The number of hydrogen-bond donors (Lipinski definition) is 9. The van der Waals surface area contributed by atoms with Gasteiger partial charge in [0.05, 0.1) is 12.4 Å². The van der Waals surface area contributed by atoms with Crippen LogP contribution in [-0.4, -0.2) is 81.2 Å². The topological polar surface area (TPSA) is 244 Å². The minimum Gasteiger partial charge on any atom is -0.480 e. The number of guanidine groups is 1. The predicted octanol–water partition coefficient (Wildman–Crippen LogP) is -2.54. The third-order valence-corrected chi connectivity index (χ3v) is 5.33. The summed E-state index contributed by atoms with van der Waals surface area (Å²) in [5, 5.41) is 16.8. The van der Waals surface area contributed by atoms with Crippen LogP contribution in [0, 0.1) is 5.92 Å². The third kappa shape index (κ3) is 10.6. The summed E-state index contributed by atoms with van der Waals surface area (Å²) in [6.07, 6.45) is 3.65. The van der Waals surface area contributed by atoms with Gasteiger partial charge in [0.1, 0.15) is 18.1 Å². The largest absolute Gasteiger partial charge is 0.480 e. The summed E-state index contributed by atoms with van der Waals surface area (Å²) in [5.74, 6) is -3.69. The summed E-state index contributed by atoms with van der Waals surface area (Å²) < 4.78 is 0. The van der Waals surface area contributed by atoms with Gasteiger partial charge in [0, 0.05) is 30.6 Å². The minimum atomic E-state index is -1.26. The molecule has 0 radical (unpaired) electrons. The van der Waals surface area contributed by atoms with E-state index < -0.39 is 47.9 Å². The van der Waals surface area contributed by atoms with Crippen molar-refractivity contribution in [2.45, 2.75) is 57.3 Å². The van der Waals surface area contributed by atoms with Gasteiger partial charge in [-0.05, 0) is 18.8 Å². The van der Waals surface area contributed by atoms with Crippen molar-refractivity contribution in [2.24, 2.45) is 28.1 Å². The summed E-state index contributed by atoms with van der Waals surface area (Å²) in [7, 11) is 0. The highest BCUT2D eigenvalue weighted by atomic mass is 32.1. The van der Waals surface area contributed by atoms with Crippen molar-refractivity contribution in [2.75, 3.05) is 12.3 Å². The molecule has 0 bridgehead atoms. The monoisotopic (exact) mass is 513 g/mol. The number of aliphatic carboxylic acids is 1. The van der Waals surface area contributed by atoms with E-state index in [0.717, 1.165) is 0 Å². The van der Waals surface area contributed by atoms with Crippen molar-refractivity contribution in [1.82, 2.24) is 25.9 Å². The lowest BCUT2D eigenvalue weighted by Crippen LogP contribution is -2.59. The Bertz CT molecular complexity index is 874. The number of aromatic nitrogens is 2. The molecule has 3 amide bonds. The Morgan fingerprint density at radius 2 is 1.77 bits per heavy atom. The first-order valence-electron chi connectivity index (χ1n) is 11.0. The summed E-state index contributed by atoms with van der Waals surface area (Å²) >= 11 is 3.94. The van der Waals surface area contributed by atoms with E-state index in [2.05, 4.69) is 43.5 Å². The molecule has 0 saturated heterocycles. The van der Waals surface area contributed by atoms with Crippen LogP contribution in [0.1, 0.15) is 32.4 Å². The van der Waals surface area contributed by atoms with Gasteiger partial charge in [-0.25, -0.2) is 9.78 Å². The van der Waals surface area contributed by atoms with Crippen LogP contribution >= 0.6 is 12.6 Å². The summed E-state index contributed by atoms with van der Waals surface area (Å²) in [6, 6.07) is -4.28. The van der Waals surface area contributed by atoms with Gasteiger partial charge in [-0.3, -0.25) is 19.4 Å². The Kier molecular flexibility index (Phi) is 12.6. The molecule has 0 saturated carbocycles. The maximum Gasteiger partial charge on any atom is 0.327 e. The molecular formula is C20H35N9O5S. The molecule has 1 rings (SSSR count). The Balaban J connectivity index is 2.89. The first-order valence-corrected chi connectivity index (χ1v) is 11.6. The lowest BCUT2D eigenvalue weighted by molar-refractivity contribution is -0.141. The van der Waals surface area contributed by atoms with E-state index in [-0.39, 0.29) is 24.1 Å². The second-order valence-corrected chi connectivity index (χ2v) is 8.57. The fourth-order valence-corrected chi connectivity index (χ4v) is 3.24. The van der Waals surface area contributed by atoms with E-state index in [1.807, 2.05) is 0 Å². The number of nitrogens with one attached hydrogen (secondary N) is 4. The maximum absolute atomic E-state index is 13.1. The van der Waals surface area contributed by atoms with Gasteiger partial charge in [0.2, 0.25) is 17.7 Å². The van der Waals surface area contributed by atoms with E-state index in [1.54, 1.807) is 13.8 Å². The molecule has 1 aromatic heterocycles. The Morgan fingerprint density at radius 3 is 2.29 bits per heavy atom.